The zero-order chi connectivity index (χ0) is 14.7. The largest absolute Gasteiger partial charge is 0.359 e. The molecule has 0 aliphatic rings. The molecule has 3 rings (SSSR count). The van der Waals surface area contributed by atoms with E-state index in [2.05, 4.69) is 57.8 Å². The van der Waals surface area contributed by atoms with Crippen LogP contribution >= 0.6 is 23.3 Å². The van der Waals surface area contributed by atoms with Crippen LogP contribution in [-0.2, 0) is 6.42 Å². The van der Waals surface area contributed by atoms with Gasteiger partial charge in [-0.05, 0) is 13.0 Å². The van der Waals surface area contributed by atoms with Crippen LogP contribution in [0.3, 0.4) is 0 Å². The van der Waals surface area contributed by atoms with Gasteiger partial charge >= 0.3 is 0 Å². The molecule has 110 valence electrons. The first-order valence-corrected chi connectivity index (χ1v) is 8.80. The second kappa shape index (κ2) is 6.49. The van der Waals surface area contributed by atoms with Crippen molar-refractivity contribution in [3.8, 4) is 0 Å². The van der Waals surface area contributed by atoms with Gasteiger partial charge in [0, 0.05) is 51.7 Å². The lowest BCUT2D eigenvalue weighted by Crippen LogP contribution is -2.03. The Morgan fingerprint density at radius 3 is 3.00 bits per heavy atom. The van der Waals surface area contributed by atoms with E-state index in [9.17, 15) is 0 Å². The van der Waals surface area contributed by atoms with Gasteiger partial charge in [-0.25, -0.2) is 4.98 Å². The molecule has 0 radical (unpaired) electrons. The number of hydrogen-bond donors (Lipinski definition) is 2. The Hall–Kier alpha value is -1.53. The van der Waals surface area contributed by atoms with Crippen molar-refractivity contribution in [1.29, 1.82) is 0 Å². The number of hydrogen-bond acceptors (Lipinski definition) is 5. The van der Waals surface area contributed by atoms with Crippen molar-refractivity contribution in [2.45, 2.75) is 25.2 Å². The van der Waals surface area contributed by atoms with E-state index in [1.165, 1.54) is 33.0 Å². The van der Waals surface area contributed by atoms with Gasteiger partial charge in [-0.1, -0.05) is 25.1 Å². The van der Waals surface area contributed by atoms with Crippen LogP contribution in [-0.4, -0.2) is 26.6 Å². The summed E-state index contributed by atoms with van der Waals surface area (Å²) in [7, 11) is 0. The van der Waals surface area contributed by atoms with Crippen LogP contribution in [0, 0.1) is 6.92 Å². The Bertz CT molecular complexity index is 732. The molecule has 0 bridgehead atoms. The molecule has 1 aromatic carbocycles. The number of H-pyrrole nitrogens is 1. The topological polar surface area (TPSA) is 53.6 Å². The fourth-order valence-corrected chi connectivity index (χ4v) is 3.90. The quantitative estimate of drug-likeness (QED) is 0.531. The lowest BCUT2D eigenvalue weighted by Gasteiger charge is -2.03. The van der Waals surface area contributed by atoms with Crippen molar-refractivity contribution in [1.82, 2.24) is 14.3 Å². The third-order valence-corrected chi connectivity index (χ3v) is 5.18. The molecule has 2 heterocycles. The Morgan fingerprint density at radius 1 is 1.33 bits per heavy atom. The number of nitrogens with zero attached hydrogens (tertiary/aromatic N) is 2. The Labute approximate surface area is 132 Å². The third kappa shape index (κ3) is 3.22. The fraction of sp³-hybridized carbons (Fsp3) is 0.333. The number of thioether (sulfide) groups is 1. The molecule has 0 aliphatic carbocycles. The summed E-state index contributed by atoms with van der Waals surface area (Å²) in [5, 5.41) is 5.57. The molecule has 4 nitrogen and oxygen atoms in total. The van der Waals surface area contributed by atoms with Crippen LogP contribution in [0.15, 0.2) is 29.2 Å². The van der Waals surface area contributed by atoms with Crippen LogP contribution in [0.2, 0.25) is 0 Å². The minimum absolute atomic E-state index is 0.890. The summed E-state index contributed by atoms with van der Waals surface area (Å²) in [5.41, 5.74) is 2.45. The van der Waals surface area contributed by atoms with Crippen LogP contribution in [0.4, 0.5) is 5.13 Å². The highest BCUT2D eigenvalue weighted by atomic mass is 32.2. The number of benzene rings is 1. The molecule has 0 unspecified atom stereocenters. The molecule has 6 heteroatoms. The number of nitrogens with one attached hydrogen (secondary N) is 2. The monoisotopic (exact) mass is 318 g/mol. The molecule has 0 amide bonds. The predicted octanol–water partition coefficient (Wildman–Crippen LogP) is 4.09. The maximum Gasteiger partial charge on any atom is 0.202 e. The highest BCUT2D eigenvalue weighted by Gasteiger charge is 2.08. The summed E-state index contributed by atoms with van der Waals surface area (Å²) in [4.78, 5) is 9.19. The molecule has 0 saturated heterocycles. The molecule has 0 fully saturated rings. The van der Waals surface area contributed by atoms with E-state index in [0.29, 0.717) is 0 Å². The lowest BCUT2D eigenvalue weighted by molar-refractivity contribution is 0.996. The predicted molar refractivity (Wildman–Crippen MR) is 91.5 cm³/mol. The van der Waals surface area contributed by atoms with Gasteiger partial charge < -0.3 is 10.3 Å². The summed E-state index contributed by atoms with van der Waals surface area (Å²) in [6, 6.07) is 8.45. The minimum atomic E-state index is 0.890. The minimum Gasteiger partial charge on any atom is -0.359 e. The molecule has 0 aliphatic heterocycles. The Kier molecular flexibility index (Phi) is 4.45. The molecule has 2 N–H and O–H groups in total. The molecule has 3 aromatic rings. The van der Waals surface area contributed by atoms with Gasteiger partial charge in [0.1, 0.15) is 5.82 Å². The standard InChI is InChI=1S/C15H18N4S2/c1-3-13-18-15(21-19-13)16-8-9-20-14-10(2)17-12-7-5-4-6-11(12)14/h4-7,17H,3,8-9H2,1-2H3,(H,16,18,19). The summed E-state index contributed by atoms with van der Waals surface area (Å²) in [6.45, 7) is 5.09. The molecule has 0 atom stereocenters. The van der Waals surface area contributed by atoms with Crippen molar-refractivity contribution in [3.05, 3.63) is 35.8 Å². The van der Waals surface area contributed by atoms with Gasteiger partial charge in [0.2, 0.25) is 5.13 Å². The molecular weight excluding hydrogens is 300 g/mol. The first-order valence-electron chi connectivity index (χ1n) is 7.04. The van der Waals surface area contributed by atoms with Crippen molar-refractivity contribution in [3.63, 3.8) is 0 Å². The number of aromatic amines is 1. The number of rotatable bonds is 6. The molecule has 2 aromatic heterocycles. The van der Waals surface area contributed by atoms with Gasteiger partial charge in [0.05, 0.1) is 0 Å². The third-order valence-electron chi connectivity index (χ3n) is 3.24. The summed E-state index contributed by atoms with van der Waals surface area (Å²) in [6.07, 6.45) is 0.890. The first kappa shape index (κ1) is 14.4. The Morgan fingerprint density at radius 2 is 2.19 bits per heavy atom. The van der Waals surface area contributed by atoms with Gasteiger partial charge in [-0.3, -0.25) is 0 Å². The van der Waals surface area contributed by atoms with E-state index in [1.807, 2.05) is 11.8 Å². The zero-order valence-corrected chi connectivity index (χ0v) is 13.8. The van der Waals surface area contributed by atoms with E-state index in [-0.39, 0.29) is 0 Å². The average molecular weight is 318 g/mol. The highest BCUT2D eigenvalue weighted by molar-refractivity contribution is 7.99. The molecule has 0 spiro atoms. The summed E-state index contributed by atoms with van der Waals surface area (Å²) in [5.74, 6) is 1.92. The van der Waals surface area contributed by atoms with Gasteiger partial charge in [0.25, 0.3) is 0 Å². The van der Waals surface area contributed by atoms with E-state index in [1.54, 1.807) is 0 Å². The van der Waals surface area contributed by atoms with Crippen LogP contribution in [0.25, 0.3) is 10.9 Å². The number of para-hydroxylation sites is 1. The van der Waals surface area contributed by atoms with Crippen LogP contribution in [0.5, 0.6) is 0 Å². The van der Waals surface area contributed by atoms with Crippen LogP contribution in [0.1, 0.15) is 18.4 Å². The summed E-state index contributed by atoms with van der Waals surface area (Å²) >= 11 is 3.32. The zero-order valence-electron chi connectivity index (χ0n) is 12.1. The molecule has 0 saturated carbocycles. The molecular formula is C15H18N4S2. The van der Waals surface area contributed by atoms with E-state index < -0.39 is 0 Å². The van der Waals surface area contributed by atoms with Gasteiger partial charge in [0.15, 0.2) is 0 Å². The normalized spacial score (nSPS) is 11.1. The average Bonchev–Trinajstić information content (AvgIpc) is 3.08. The fourth-order valence-electron chi connectivity index (χ4n) is 2.22. The van der Waals surface area contributed by atoms with Crippen molar-refractivity contribution in [2.75, 3.05) is 17.6 Å². The number of aryl methyl sites for hydroxylation is 2. The first-order chi connectivity index (χ1) is 10.3. The second-order valence-electron chi connectivity index (χ2n) is 4.77. The smallest absolute Gasteiger partial charge is 0.202 e. The van der Waals surface area contributed by atoms with Gasteiger partial charge in [-0.15, -0.1) is 11.8 Å². The van der Waals surface area contributed by atoms with Crippen molar-refractivity contribution in [2.24, 2.45) is 0 Å². The lowest BCUT2D eigenvalue weighted by atomic mass is 10.2. The molecule has 21 heavy (non-hydrogen) atoms. The SMILES string of the molecule is CCc1nsc(NCCSc2c(C)[nH]c3ccccc23)n1. The van der Waals surface area contributed by atoms with E-state index in [4.69, 9.17) is 0 Å². The van der Waals surface area contributed by atoms with E-state index >= 15 is 0 Å². The summed E-state index contributed by atoms with van der Waals surface area (Å²) < 4.78 is 4.27. The van der Waals surface area contributed by atoms with Crippen LogP contribution < -0.4 is 5.32 Å². The Balaban J connectivity index is 1.58. The highest BCUT2D eigenvalue weighted by Crippen LogP contribution is 2.31. The van der Waals surface area contributed by atoms with Gasteiger partial charge in [-0.2, -0.15) is 4.37 Å². The maximum absolute atomic E-state index is 4.41. The second-order valence-corrected chi connectivity index (χ2v) is 6.63. The van der Waals surface area contributed by atoms with Crippen molar-refractivity contribution < 1.29 is 0 Å². The number of aromatic nitrogens is 3. The maximum atomic E-state index is 4.41. The van der Waals surface area contributed by atoms with E-state index in [0.717, 1.165) is 29.7 Å². The number of anilines is 1. The number of fused-ring (bicyclic) bond motifs is 1. The van der Waals surface area contributed by atoms with Crippen molar-refractivity contribution >= 4 is 39.3 Å².